The smallest absolute Gasteiger partial charge is 0.129 e. The zero-order valence-corrected chi connectivity index (χ0v) is 11.5. The molecule has 1 atom stereocenters. The maximum atomic E-state index is 5.64. The highest BCUT2D eigenvalue weighted by Gasteiger charge is 2.22. The lowest BCUT2D eigenvalue weighted by Gasteiger charge is -2.18. The van der Waals surface area contributed by atoms with Crippen LogP contribution in [0.2, 0.25) is 0 Å². The Morgan fingerprint density at radius 2 is 2.22 bits per heavy atom. The number of nitrogens with one attached hydrogen (secondary N) is 1. The van der Waals surface area contributed by atoms with Crippen molar-refractivity contribution in [2.24, 2.45) is 7.05 Å². The van der Waals surface area contributed by atoms with Crippen LogP contribution >= 0.6 is 0 Å². The van der Waals surface area contributed by atoms with E-state index >= 15 is 0 Å². The van der Waals surface area contributed by atoms with Gasteiger partial charge in [-0.1, -0.05) is 6.92 Å². The monoisotopic (exact) mass is 247 g/mol. The molecule has 0 amide bonds. The van der Waals surface area contributed by atoms with Crippen molar-refractivity contribution in [3.8, 4) is 0 Å². The van der Waals surface area contributed by atoms with Gasteiger partial charge in [0.1, 0.15) is 17.6 Å². The summed E-state index contributed by atoms with van der Waals surface area (Å²) in [7, 11) is 2.04. The van der Waals surface area contributed by atoms with Gasteiger partial charge in [-0.25, -0.2) is 4.98 Å². The molecule has 0 spiro atoms. The molecule has 2 heterocycles. The molecule has 2 aromatic heterocycles. The first-order valence-corrected chi connectivity index (χ1v) is 6.40. The van der Waals surface area contributed by atoms with Gasteiger partial charge in [0.25, 0.3) is 0 Å². The Kier molecular flexibility index (Phi) is 3.87. The Balaban J connectivity index is 2.37. The zero-order valence-electron chi connectivity index (χ0n) is 11.5. The van der Waals surface area contributed by atoms with Crippen molar-refractivity contribution in [3.63, 3.8) is 0 Å². The zero-order chi connectivity index (χ0) is 13.1. The van der Waals surface area contributed by atoms with Crippen molar-refractivity contribution in [1.29, 1.82) is 0 Å². The fourth-order valence-corrected chi connectivity index (χ4v) is 2.09. The molecule has 0 saturated heterocycles. The first-order chi connectivity index (χ1) is 8.65. The topological polar surface area (TPSA) is 43.0 Å². The number of nitrogens with zero attached hydrogens (tertiary/aromatic N) is 2. The van der Waals surface area contributed by atoms with Crippen LogP contribution in [0.5, 0.6) is 0 Å². The van der Waals surface area contributed by atoms with Crippen LogP contribution < -0.4 is 5.32 Å². The Hall–Kier alpha value is -1.55. The first kappa shape index (κ1) is 12.9. The van der Waals surface area contributed by atoms with Crippen molar-refractivity contribution in [1.82, 2.24) is 14.9 Å². The minimum atomic E-state index is 0.0751. The summed E-state index contributed by atoms with van der Waals surface area (Å²) in [6.45, 7) is 7.20. The Labute approximate surface area is 108 Å². The average Bonchev–Trinajstić information content (AvgIpc) is 2.91. The molecule has 2 aromatic rings. The van der Waals surface area contributed by atoms with Crippen molar-refractivity contribution in [2.75, 3.05) is 6.54 Å². The van der Waals surface area contributed by atoms with E-state index in [4.69, 9.17) is 4.42 Å². The third-order valence-electron chi connectivity index (χ3n) is 3.31. The number of hydrogen-bond acceptors (Lipinski definition) is 3. The van der Waals surface area contributed by atoms with E-state index in [1.807, 2.05) is 26.2 Å². The van der Waals surface area contributed by atoms with Crippen LogP contribution in [0.3, 0.4) is 0 Å². The largest absolute Gasteiger partial charge is 0.467 e. The highest BCUT2D eigenvalue weighted by atomic mass is 16.3. The molecule has 0 aliphatic carbocycles. The number of hydrogen-bond donors (Lipinski definition) is 1. The van der Waals surface area contributed by atoms with Gasteiger partial charge < -0.3 is 14.3 Å². The molecule has 1 N–H and O–H groups in total. The maximum Gasteiger partial charge on any atom is 0.129 e. The van der Waals surface area contributed by atoms with Gasteiger partial charge in [0.15, 0.2) is 0 Å². The highest BCUT2D eigenvalue weighted by Crippen LogP contribution is 2.25. The number of aromatic nitrogens is 2. The van der Waals surface area contributed by atoms with Gasteiger partial charge in [0.2, 0.25) is 0 Å². The first-order valence-electron chi connectivity index (χ1n) is 6.40. The van der Waals surface area contributed by atoms with E-state index in [1.165, 1.54) is 5.56 Å². The number of furan rings is 1. The standard InChI is InChI=1S/C14H21N3O/c1-5-7-15-13(14-10(2)6-8-18-14)12-9-16-11(3)17(12)4/h6,8-9,13,15H,5,7H2,1-4H3. The fourth-order valence-electron chi connectivity index (χ4n) is 2.09. The second-order valence-electron chi connectivity index (χ2n) is 4.64. The third-order valence-corrected chi connectivity index (χ3v) is 3.31. The summed E-state index contributed by atoms with van der Waals surface area (Å²) in [5.74, 6) is 1.99. The molecule has 0 aliphatic heterocycles. The van der Waals surface area contributed by atoms with Crippen LogP contribution in [0.4, 0.5) is 0 Å². The number of rotatable bonds is 5. The summed E-state index contributed by atoms with van der Waals surface area (Å²) in [4.78, 5) is 4.37. The van der Waals surface area contributed by atoms with Gasteiger partial charge in [-0.05, 0) is 38.4 Å². The molecule has 0 bridgehead atoms. The SMILES string of the molecule is CCCNC(c1occc1C)c1cnc(C)n1C. The molecule has 4 nitrogen and oxygen atoms in total. The van der Waals surface area contributed by atoms with E-state index in [0.29, 0.717) is 0 Å². The Morgan fingerprint density at radius 1 is 1.44 bits per heavy atom. The molecular formula is C14H21N3O. The summed E-state index contributed by atoms with van der Waals surface area (Å²) < 4.78 is 7.74. The molecule has 4 heteroatoms. The lowest BCUT2D eigenvalue weighted by Crippen LogP contribution is -2.25. The molecule has 0 aromatic carbocycles. The molecule has 0 aliphatic rings. The van der Waals surface area contributed by atoms with Crippen LogP contribution in [0, 0.1) is 13.8 Å². The van der Waals surface area contributed by atoms with Gasteiger partial charge in [-0.2, -0.15) is 0 Å². The number of aryl methyl sites for hydroxylation is 2. The average molecular weight is 247 g/mol. The summed E-state index contributed by atoms with van der Waals surface area (Å²) in [6, 6.07) is 2.07. The van der Waals surface area contributed by atoms with Crippen LogP contribution in [0.15, 0.2) is 22.9 Å². The predicted octanol–water partition coefficient (Wildman–Crippen LogP) is 2.72. The van der Waals surface area contributed by atoms with Crippen LogP contribution in [0.25, 0.3) is 0 Å². The van der Waals surface area contributed by atoms with Gasteiger partial charge in [0, 0.05) is 7.05 Å². The molecule has 1 unspecified atom stereocenters. The molecule has 98 valence electrons. The van der Waals surface area contributed by atoms with Gasteiger partial charge in [-0.15, -0.1) is 0 Å². The molecule has 2 rings (SSSR count). The van der Waals surface area contributed by atoms with E-state index in [1.54, 1.807) is 6.26 Å². The lowest BCUT2D eigenvalue weighted by atomic mass is 10.1. The molecular weight excluding hydrogens is 226 g/mol. The molecule has 18 heavy (non-hydrogen) atoms. The third kappa shape index (κ3) is 2.34. The summed E-state index contributed by atoms with van der Waals surface area (Å²) in [5, 5.41) is 3.53. The number of imidazole rings is 1. The van der Waals surface area contributed by atoms with Crippen LogP contribution in [-0.2, 0) is 7.05 Å². The van der Waals surface area contributed by atoms with E-state index in [-0.39, 0.29) is 6.04 Å². The van der Waals surface area contributed by atoms with Crippen molar-refractivity contribution in [2.45, 2.75) is 33.2 Å². The van der Waals surface area contributed by atoms with E-state index in [9.17, 15) is 0 Å². The minimum absolute atomic E-state index is 0.0751. The predicted molar refractivity (Wildman–Crippen MR) is 71.5 cm³/mol. The van der Waals surface area contributed by atoms with Crippen molar-refractivity contribution < 1.29 is 4.42 Å². The summed E-state index contributed by atoms with van der Waals surface area (Å²) in [5.41, 5.74) is 2.31. The minimum Gasteiger partial charge on any atom is -0.467 e. The van der Waals surface area contributed by atoms with E-state index < -0.39 is 0 Å². The van der Waals surface area contributed by atoms with Gasteiger partial charge >= 0.3 is 0 Å². The second kappa shape index (κ2) is 5.40. The van der Waals surface area contributed by atoms with Crippen LogP contribution in [0.1, 0.15) is 42.2 Å². The second-order valence-corrected chi connectivity index (χ2v) is 4.64. The normalized spacial score (nSPS) is 12.9. The fraction of sp³-hybridized carbons (Fsp3) is 0.500. The quantitative estimate of drug-likeness (QED) is 0.883. The molecule has 0 radical (unpaired) electrons. The molecule has 0 fully saturated rings. The lowest BCUT2D eigenvalue weighted by molar-refractivity contribution is 0.433. The van der Waals surface area contributed by atoms with Gasteiger partial charge in [-0.3, -0.25) is 0 Å². The molecule has 0 saturated carbocycles. The van der Waals surface area contributed by atoms with Crippen LogP contribution in [-0.4, -0.2) is 16.1 Å². The van der Waals surface area contributed by atoms with E-state index in [2.05, 4.69) is 28.7 Å². The Bertz CT molecular complexity index is 513. The maximum absolute atomic E-state index is 5.64. The van der Waals surface area contributed by atoms with Crippen molar-refractivity contribution >= 4 is 0 Å². The van der Waals surface area contributed by atoms with E-state index in [0.717, 1.165) is 30.2 Å². The summed E-state index contributed by atoms with van der Waals surface area (Å²) >= 11 is 0. The van der Waals surface area contributed by atoms with Gasteiger partial charge in [0.05, 0.1) is 18.2 Å². The van der Waals surface area contributed by atoms with Crippen molar-refractivity contribution in [3.05, 3.63) is 41.4 Å². The Morgan fingerprint density at radius 3 is 2.72 bits per heavy atom. The highest BCUT2D eigenvalue weighted by molar-refractivity contribution is 5.26. The summed E-state index contributed by atoms with van der Waals surface area (Å²) in [6.07, 6.45) is 4.76.